The number of amides is 1. The van der Waals surface area contributed by atoms with E-state index in [0.717, 1.165) is 0 Å². The van der Waals surface area contributed by atoms with E-state index in [4.69, 9.17) is 4.74 Å². The molecule has 146 valence electrons. The minimum atomic E-state index is -0.470. The lowest BCUT2D eigenvalue weighted by Gasteiger charge is -2.12. The molecule has 2 aromatic heterocycles. The van der Waals surface area contributed by atoms with E-state index < -0.39 is 11.9 Å². The van der Waals surface area contributed by atoms with Crippen molar-refractivity contribution in [1.82, 2.24) is 14.5 Å². The average Bonchev–Trinajstić information content (AvgIpc) is 3.14. The van der Waals surface area contributed by atoms with Crippen LogP contribution in [-0.2, 0) is 4.74 Å². The topological polar surface area (TPSA) is 109 Å². The molecule has 0 spiro atoms. The molecule has 0 saturated heterocycles. The van der Waals surface area contributed by atoms with Gasteiger partial charge in [0.2, 0.25) is 0 Å². The van der Waals surface area contributed by atoms with Crippen LogP contribution in [0.15, 0.2) is 35.3 Å². The highest BCUT2D eigenvalue weighted by Gasteiger charge is 2.23. The van der Waals surface area contributed by atoms with Gasteiger partial charge in [0, 0.05) is 17.6 Å². The monoisotopic (exact) mass is 382 g/mol. The van der Waals surface area contributed by atoms with Crippen LogP contribution >= 0.6 is 0 Å². The van der Waals surface area contributed by atoms with Crippen LogP contribution in [0.2, 0.25) is 0 Å². The number of hydrogen-bond acceptors (Lipinski definition) is 4. The molecule has 1 aromatic carbocycles. The van der Waals surface area contributed by atoms with Gasteiger partial charge < -0.3 is 20.0 Å². The molecule has 0 aliphatic carbocycles. The van der Waals surface area contributed by atoms with Crippen LogP contribution in [0.3, 0.4) is 0 Å². The van der Waals surface area contributed by atoms with Crippen molar-refractivity contribution in [2.45, 2.75) is 27.7 Å². The molecule has 0 bridgehead atoms. The fourth-order valence-electron chi connectivity index (χ4n) is 3.20. The maximum absolute atomic E-state index is 12.9. The minimum absolute atomic E-state index is 0.253. The van der Waals surface area contributed by atoms with Crippen LogP contribution in [0.25, 0.3) is 5.69 Å². The SMILES string of the molecule is CCOC(=O)c1c(C)[nH]c(C(=O)Nc2ccccc2-n2c(C)c[nH]c2=O)c1C. The molecule has 0 aliphatic heterocycles. The number of aryl methyl sites for hydroxylation is 2. The van der Waals surface area contributed by atoms with Gasteiger partial charge in [0.25, 0.3) is 5.91 Å². The van der Waals surface area contributed by atoms with E-state index >= 15 is 0 Å². The van der Waals surface area contributed by atoms with E-state index in [1.807, 2.05) is 0 Å². The van der Waals surface area contributed by atoms with Crippen molar-refractivity contribution >= 4 is 17.6 Å². The van der Waals surface area contributed by atoms with Crippen molar-refractivity contribution in [2.75, 3.05) is 11.9 Å². The molecule has 28 heavy (non-hydrogen) atoms. The Morgan fingerprint density at radius 1 is 1.18 bits per heavy atom. The number of nitrogens with zero attached hydrogens (tertiary/aromatic N) is 1. The first-order valence-corrected chi connectivity index (χ1v) is 8.89. The highest BCUT2D eigenvalue weighted by molar-refractivity contribution is 6.07. The molecular formula is C20H22N4O4. The maximum atomic E-state index is 12.9. The minimum Gasteiger partial charge on any atom is -0.462 e. The van der Waals surface area contributed by atoms with Crippen molar-refractivity contribution in [3.63, 3.8) is 0 Å². The summed E-state index contributed by atoms with van der Waals surface area (Å²) in [6.07, 6.45) is 1.60. The lowest BCUT2D eigenvalue weighted by Crippen LogP contribution is -2.20. The molecule has 0 aliphatic rings. The predicted octanol–water partition coefficient (Wildman–Crippen LogP) is 2.85. The number of benzene rings is 1. The number of anilines is 1. The standard InChI is InChI=1S/C20H22N4O4/c1-5-28-19(26)16-12(3)17(22-13(16)4)18(25)23-14-8-6-7-9-15(14)24-11(2)10-21-20(24)27/h6-10,22H,5H2,1-4H3,(H,21,27)(H,23,25). The molecule has 0 saturated carbocycles. The molecule has 8 heteroatoms. The number of imidazole rings is 1. The molecule has 8 nitrogen and oxygen atoms in total. The van der Waals surface area contributed by atoms with Gasteiger partial charge in [-0.2, -0.15) is 0 Å². The van der Waals surface area contributed by atoms with Crippen LogP contribution in [-0.4, -0.2) is 33.0 Å². The number of aromatic amines is 2. The fraction of sp³-hybridized carbons (Fsp3) is 0.250. The quantitative estimate of drug-likeness (QED) is 0.590. The Kier molecular flexibility index (Phi) is 5.21. The highest BCUT2D eigenvalue weighted by Crippen LogP contribution is 2.23. The van der Waals surface area contributed by atoms with Gasteiger partial charge in [-0.25, -0.2) is 9.59 Å². The molecule has 3 rings (SSSR count). The van der Waals surface area contributed by atoms with Crippen molar-refractivity contribution in [2.24, 2.45) is 0 Å². The zero-order valence-electron chi connectivity index (χ0n) is 16.2. The molecule has 0 atom stereocenters. The lowest BCUT2D eigenvalue weighted by molar-refractivity contribution is 0.0525. The molecule has 3 aromatic rings. The molecule has 2 heterocycles. The molecule has 1 amide bonds. The van der Waals surface area contributed by atoms with Crippen LogP contribution in [0.4, 0.5) is 5.69 Å². The lowest BCUT2D eigenvalue weighted by atomic mass is 10.1. The van der Waals surface area contributed by atoms with Crippen molar-refractivity contribution < 1.29 is 14.3 Å². The Balaban J connectivity index is 1.97. The number of carbonyl (C=O) groups excluding carboxylic acids is 2. The second kappa shape index (κ2) is 7.59. The Labute approximate surface area is 161 Å². The van der Waals surface area contributed by atoms with Gasteiger partial charge in [-0.15, -0.1) is 0 Å². The summed E-state index contributed by atoms with van der Waals surface area (Å²) < 4.78 is 6.54. The van der Waals surface area contributed by atoms with Gasteiger partial charge in [-0.1, -0.05) is 12.1 Å². The number of aromatic nitrogens is 3. The summed E-state index contributed by atoms with van der Waals surface area (Å²) in [6.45, 7) is 7.18. The third-order valence-electron chi connectivity index (χ3n) is 4.50. The van der Waals surface area contributed by atoms with Crippen LogP contribution in [0.5, 0.6) is 0 Å². The largest absolute Gasteiger partial charge is 0.462 e. The molecular weight excluding hydrogens is 360 g/mol. The number of rotatable bonds is 5. The van der Waals surface area contributed by atoms with Crippen LogP contribution < -0.4 is 11.0 Å². The average molecular weight is 382 g/mol. The van der Waals surface area contributed by atoms with Crippen molar-refractivity contribution in [1.29, 1.82) is 0 Å². The summed E-state index contributed by atoms with van der Waals surface area (Å²) in [5.41, 5.74) is 3.14. The van der Waals surface area contributed by atoms with Gasteiger partial charge >= 0.3 is 11.7 Å². The van der Waals surface area contributed by atoms with E-state index in [1.54, 1.807) is 58.2 Å². The zero-order chi connectivity index (χ0) is 20.4. The number of hydrogen-bond donors (Lipinski definition) is 3. The molecule has 0 radical (unpaired) electrons. The Morgan fingerprint density at radius 3 is 2.54 bits per heavy atom. The van der Waals surface area contributed by atoms with E-state index in [1.165, 1.54) is 4.57 Å². The second-order valence-electron chi connectivity index (χ2n) is 6.39. The van der Waals surface area contributed by atoms with Crippen LogP contribution in [0, 0.1) is 20.8 Å². The normalized spacial score (nSPS) is 10.7. The summed E-state index contributed by atoms with van der Waals surface area (Å²) in [7, 11) is 0. The summed E-state index contributed by atoms with van der Waals surface area (Å²) in [6, 6.07) is 7.01. The van der Waals surface area contributed by atoms with E-state index in [2.05, 4.69) is 15.3 Å². The van der Waals surface area contributed by atoms with E-state index in [9.17, 15) is 14.4 Å². The van der Waals surface area contributed by atoms with Gasteiger partial charge in [-0.05, 0) is 45.4 Å². The zero-order valence-corrected chi connectivity index (χ0v) is 16.2. The third kappa shape index (κ3) is 3.36. The first kappa shape index (κ1) is 19.2. The number of ether oxygens (including phenoxy) is 1. The number of nitrogens with one attached hydrogen (secondary N) is 3. The maximum Gasteiger partial charge on any atom is 0.340 e. The number of H-pyrrole nitrogens is 2. The van der Waals surface area contributed by atoms with E-state index in [0.29, 0.717) is 33.9 Å². The molecule has 0 fully saturated rings. The Hall–Kier alpha value is -3.55. The molecule has 3 N–H and O–H groups in total. The molecule has 0 unspecified atom stereocenters. The van der Waals surface area contributed by atoms with Gasteiger partial charge in [0.15, 0.2) is 0 Å². The Bertz CT molecular complexity index is 1100. The summed E-state index contributed by atoms with van der Waals surface area (Å²) >= 11 is 0. The summed E-state index contributed by atoms with van der Waals surface area (Å²) in [5, 5.41) is 2.83. The van der Waals surface area contributed by atoms with Gasteiger partial charge in [0.1, 0.15) is 5.69 Å². The first-order chi connectivity index (χ1) is 13.3. The highest BCUT2D eigenvalue weighted by atomic mass is 16.5. The summed E-state index contributed by atoms with van der Waals surface area (Å²) in [5.74, 6) is -0.882. The van der Waals surface area contributed by atoms with Crippen LogP contribution in [0.1, 0.15) is 44.7 Å². The fourth-order valence-corrected chi connectivity index (χ4v) is 3.20. The van der Waals surface area contributed by atoms with Gasteiger partial charge in [0.05, 0.1) is 23.5 Å². The third-order valence-corrected chi connectivity index (χ3v) is 4.50. The number of para-hydroxylation sites is 2. The summed E-state index contributed by atoms with van der Waals surface area (Å²) in [4.78, 5) is 42.7. The predicted molar refractivity (Wildman–Crippen MR) is 105 cm³/mol. The van der Waals surface area contributed by atoms with Crippen molar-refractivity contribution in [3.8, 4) is 5.69 Å². The number of esters is 1. The smallest absolute Gasteiger partial charge is 0.340 e. The second-order valence-corrected chi connectivity index (χ2v) is 6.39. The Morgan fingerprint density at radius 2 is 1.89 bits per heavy atom. The van der Waals surface area contributed by atoms with Gasteiger partial charge in [-0.3, -0.25) is 9.36 Å². The number of carbonyl (C=O) groups is 2. The van der Waals surface area contributed by atoms with Crippen molar-refractivity contribution in [3.05, 3.63) is 69.2 Å². The van der Waals surface area contributed by atoms with E-state index in [-0.39, 0.29) is 18.0 Å². The first-order valence-electron chi connectivity index (χ1n) is 8.89.